The second-order valence-corrected chi connectivity index (χ2v) is 6.59. The third kappa shape index (κ3) is 4.70. The number of esters is 1. The summed E-state index contributed by atoms with van der Waals surface area (Å²) in [6.45, 7) is -0.570. The predicted octanol–water partition coefficient (Wildman–Crippen LogP) is 4.57. The van der Waals surface area contributed by atoms with Crippen molar-refractivity contribution in [3.8, 4) is 0 Å². The van der Waals surface area contributed by atoms with Gasteiger partial charge in [0, 0.05) is 6.54 Å². The van der Waals surface area contributed by atoms with E-state index in [1.165, 1.54) is 12.1 Å². The minimum atomic E-state index is -5.10. The first kappa shape index (κ1) is 22.3. The summed E-state index contributed by atoms with van der Waals surface area (Å²) >= 11 is 0. The highest BCUT2D eigenvalue weighted by Crippen LogP contribution is 2.36. The van der Waals surface area contributed by atoms with Crippen molar-refractivity contribution in [3.05, 3.63) is 70.3 Å². The summed E-state index contributed by atoms with van der Waals surface area (Å²) < 4.78 is 82.0. The number of hydrogen-bond donors (Lipinski definition) is 0. The molecule has 0 unspecified atom stereocenters. The molecule has 11 heteroatoms. The highest BCUT2D eigenvalue weighted by atomic mass is 19.4. The van der Waals surface area contributed by atoms with Crippen LogP contribution in [0.15, 0.2) is 42.5 Å². The average Bonchev–Trinajstić information content (AvgIpc) is 2.94. The van der Waals surface area contributed by atoms with Crippen LogP contribution >= 0.6 is 0 Å². The standard InChI is InChI=1S/C20H13F6NO4/c21-19(22,23)12-8-11(9-13(10-12)20(24,25)26)18(30)31-7-3-6-27-16(28)14-4-1-2-5-15(14)17(27)29/h1-2,4-5,8-10H,3,6-7H2. The van der Waals surface area contributed by atoms with E-state index in [0.717, 1.165) is 4.90 Å². The maximum absolute atomic E-state index is 12.9. The first-order valence-corrected chi connectivity index (χ1v) is 8.81. The summed E-state index contributed by atoms with van der Waals surface area (Å²) in [5, 5.41) is 0. The molecule has 0 saturated heterocycles. The molecule has 1 aliphatic rings. The first-order chi connectivity index (χ1) is 14.4. The zero-order valence-electron chi connectivity index (χ0n) is 15.5. The van der Waals surface area contributed by atoms with Crippen LogP contribution in [0.5, 0.6) is 0 Å². The number of halogens is 6. The molecule has 0 N–H and O–H groups in total. The van der Waals surface area contributed by atoms with Gasteiger partial charge in [-0.15, -0.1) is 0 Å². The number of ether oxygens (including phenoxy) is 1. The Hall–Kier alpha value is -3.37. The molecule has 5 nitrogen and oxygen atoms in total. The quantitative estimate of drug-likeness (QED) is 0.293. The van der Waals surface area contributed by atoms with Crippen LogP contribution in [0.1, 0.15) is 48.6 Å². The van der Waals surface area contributed by atoms with E-state index in [-0.39, 0.29) is 42.3 Å². The molecule has 0 radical (unpaired) electrons. The molecule has 0 aliphatic carbocycles. The summed E-state index contributed by atoms with van der Waals surface area (Å²) in [7, 11) is 0. The molecule has 0 aromatic heterocycles. The highest BCUT2D eigenvalue weighted by Gasteiger charge is 2.38. The molecule has 0 bridgehead atoms. The van der Waals surface area contributed by atoms with Gasteiger partial charge < -0.3 is 4.74 Å². The third-order valence-electron chi connectivity index (χ3n) is 4.46. The lowest BCUT2D eigenvalue weighted by atomic mass is 10.0. The fourth-order valence-corrected chi connectivity index (χ4v) is 2.99. The lowest BCUT2D eigenvalue weighted by Gasteiger charge is -2.15. The Morgan fingerprint density at radius 2 is 1.32 bits per heavy atom. The largest absolute Gasteiger partial charge is 0.462 e. The number of alkyl halides is 6. The van der Waals surface area contributed by atoms with E-state index in [1.54, 1.807) is 12.1 Å². The highest BCUT2D eigenvalue weighted by molar-refractivity contribution is 6.21. The van der Waals surface area contributed by atoms with E-state index in [4.69, 9.17) is 4.74 Å². The summed E-state index contributed by atoms with van der Waals surface area (Å²) in [4.78, 5) is 37.3. The van der Waals surface area contributed by atoms with E-state index in [1.807, 2.05) is 0 Å². The maximum Gasteiger partial charge on any atom is 0.416 e. The topological polar surface area (TPSA) is 63.7 Å². The van der Waals surface area contributed by atoms with Crippen molar-refractivity contribution >= 4 is 17.8 Å². The molecule has 31 heavy (non-hydrogen) atoms. The van der Waals surface area contributed by atoms with Gasteiger partial charge in [-0.3, -0.25) is 14.5 Å². The average molecular weight is 445 g/mol. The van der Waals surface area contributed by atoms with Crippen LogP contribution in [0.4, 0.5) is 26.3 Å². The number of amides is 2. The van der Waals surface area contributed by atoms with Crippen LogP contribution in [0.25, 0.3) is 0 Å². The molecule has 164 valence electrons. The Labute approximate surface area is 171 Å². The van der Waals surface area contributed by atoms with Crippen molar-refractivity contribution in [1.29, 1.82) is 0 Å². The number of nitrogens with zero attached hydrogens (tertiary/aromatic N) is 1. The van der Waals surface area contributed by atoms with Gasteiger partial charge in [0.1, 0.15) is 0 Å². The van der Waals surface area contributed by atoms with Crippen molar-refractivity contribution in [2.75, 3.05) is 13.2 Å². The molecule has 0 saturated carbocycles. The van der Waals surface area contributed by atoms with Crippen molar-refractivity contribution in [2.45, 2.75) is 18.8 Å². The van der Waals surface area contributed by atoms with E-state index < -0.39 is 53.4 Å². The Bertz CT molecular complexity index is 977. The number of benzene rings is 2. The number of fused-ring (bicyclic) bond motifs is 1. The lowest BCUT2D eigenvalue weighted by Crippen LogP contribution is -2.31. The molecule has 2 aromatic rings. The van der Waals surface area contributed by atoms with Gasteiger partial charge in [0.25, 0.3) is 11.8 Å². The van der Waals surface area contributed by atoms with Crippen LogP contribution in [-0.4, -0.2) is 35.8 Å². The molecular weight excluding hydrogens is 432 g/mol. The third-order valence-corrected chi connectivity index (χ3v) is 4.46. The molecule has 1 aliphatic heterocycles. The molecule has 2 aromatic carbocycles. The smallest absolute Gasteiger partial charge is 0.416 e. The van der Waals surface area contributed by atoms with Crippen molar-refractivity contribution in [3.63, 3.8) is 0 Å². The van der Waals surface area contributed by atoms with E-state index >= 15 is 0 Å². The summed E-state index contributed by atoms with van der Waals surface area (Å²) in [5.41, 5.74) is -3.76. The molecule has 3 rings (SSSR count). The zero-order chi connectivity index (χ0) is 23.0. The second kappa shape index (κ2) is 8.05. The monoisotopic (exact) mass is 445 g/mol. The van der Waals surface area contributed by atoms with Gasteiger partial charge in [-0.2, -0.15) is 26.3 Å². The number of carbonyl (C=O) groups excluding carboxylic acids is 3. The fourth-order valence-electron chi connectivity index (χ4n) is 2.99. The van der Waals surface area contributed by atoms with Gasteiger partial charge in [-0.05, 0) is 36.8 Å². The van der Waals surface area contributed by atoms with E-state index in [0.29, 0.717) is 0 Å². The summed E-state index contributed by atoms with van der Waals surface area (Å²) in [6.07, 6.45) is -10.2. The number of imide groups is 1. The van der Waals surface area contributed by atoms with Gasteiger partial charge in [-0.1, -0.05) is 12.1 Å². The van der Waals surface area contributed by atoms with Gasteiger partial charge in [0.15, 0.2) is 0 Å². The molecule has 0 spiro atoms. The Kier molecular flexibility index (Phi) is 5.79. The summed E-state index contributed by atoms with van der Waals surface area (Å²) in [5.74, 6) is -2.47. The fraction of sp³-hybridized carbons (Fsp3) is 0.250. The first-order valence-electron chi connectivity index (χ1n) is 8.81. The molecule has 0 atom stereocenters. The lowest BCUT2D eigenvalue weighted by molar-refractivity contribution is -0.143. The normalized spacial score (nSPS) is 14.1. The van der Waals surface area contributed by atoms with Crippen molar-refractivity contribution < 1.29 is 45.5 Å². The Morgan fingerprint density at radius 3 is 1.77 bits per heavy atom. The van der Waals surface area contributed by atoms with Crippen LogP contribution in [0.2, 0.25) is 0 Å². The Morgan fingerprint density at radius 1 is 0.839 bits per heavy atom. The minimum absolute atomic E-state index is 0.0533. The van der Waals surface area contributed by atoms with Gasteiger partial charge >= 0.3 is 18.3 Å². The predicted molar refractivity (Wildman–Crippen MR) is 93.2 cm³/mol. The van der Waals surface area contributed by atoms with Gasteiger partial charge in [-0.25, -0.2) is 4.79 Å². The molecule has 0 fully saturated rings. The minimum Gasteiger partial charge on any atom is -0.462 e. The van der Waals surface area contributed by atoms with E-state index in [2.05, 4.69) is 0 Å². The van der Waals surface area contributed by atoms with E-state index in [9.17, 15) is 40.7 Å². The van der Waals surface area contributed by atoms with Crippen LogP contribution in [0, 0.1) is 0 Å². The SMILES string of the molecule is O=C(OCCCN1C(=O)c2ccccc2C1=O)c1cc(C(F)(F)F)cc(C(F)(F)F)c1. The molecule has 2 amide bonds. The zero-order valence-corrected chi connectivity index (χ0v) is 15.5. The second-order valence-electron chi connectivity index (χ2n) is 6.59. The van der Waals surface area contributed by atoms with Gasteiger partial charge in [0.2, 0.25) is 0 Å². The molecule has 1 heterocycles. The molecular formula is C20H13F6NO4. The van der Waals surface area contributed by atoms with Crippen LogP contribution in [0.3, 0.4) is 0 Å². The van der Waals surface area contributed by atoms with Crippen LogP contribution in [-0.2, 0) is 17.1 Å². The maximum atomic E-state index is 12.9. The van der Waals surface area contributed by atoms with Gasteiger partial charge in [0.05, 0.1) is 34.4 Å². The Balaban J connectivity index is 1.64. The van der Waals surface area contributed by atoms with Crippen LogP contribution < -0.4 is 0 Å². The number of rotatable bonds is 5. The number of hydrogen-bond acceptors (Lipinski definition) is 4. The number of carbonyl (C=O) groups is 3. The van der Waals surface area contributed by atoms with Crippen molar-refractivity contribution in [1.82, 2.24) is 4.90 Å². The summed E-state index contributed by atoms with van der Waals surface area (Å²) in [6, 6.07) is 6.55. The van der Waals surface area contributed by atoms with Crippen molar-refractivity contribution in [2.24, 2.45) is 0 Å².